The predicted molar refractivity (Wildman–Crippen MR) is 60.9 cm³/mol. The summed E-state index contributed by atoms with van der Waals surface area (Å²) in [5.74, 6) is 0.971. The summed E-state index contributed by atoms with van der Waals surface area (Å²) in [4.78, 5) is 10.3. The van der Waals surface area contributed by atoms with E-state index in [-0.39, 0.29) is 5.82 Å². The number of hydrogen-bond donors (Lipinski definition) is 1. The van der Waals surface area contributed by atoms with Crippen molar-refractivity contribution in [1.29, 1.82) is 5.26 Å². The van der Waals surface area contributed by atoms with Crippen molar-refractivity contribution < 1.29 is 0 Å². The molecule has 0 aliphatic carbocycles. The van der Waals surface area contributed by atoms with E-state index in [1.807, 2.05) is 6.07 Å². The molecule has 1 fully saturated rings. The molecule has 1 aliphatic rings. The normalized spacial score (nSPS) is 18.0. The first kappa shape index (κ1) is 10.8. The summed E-state index contributed by atoms with van der Waals surface area (Å²) in [7, 11) is 2.13. The maximum Gasteiger partial charge on any atom is 0.234 e. The maximum atomic E-state index is 8.69. The van der Waals surface area contributed by atoms with Gasteiger partial charge in [0.2, 0.25) is 5.82 Å². The molecule has 1 saturated heterocycles. The lowest BCUT2D eigenvalue weighted by molar-refractivity contribution is 0.263. The average molecular weight is 217 g/mol. The van der Waals surface area contributed by atoms with Gasteiger partial charge in [0.1, 0.15) is 11.9 Å². The molecule has 5 heteroatoms. The van der Waals surface area contributed by atoms with Crippen LogP contribution in [0, 0.1) is 11.3 Å². The summed E-state index contributed by atoms with van der Waals surface area (Å²) in [5.41, 5.74) is 0. The van der Waals surface area contributed by atoms with Crippen molar-refractivity contribution in [2.45, 2.75) is 18.9 Å². The van der Waals surface area contributed by atoms with Gasteiger partial charge in [0.15, 0.2) is 0 Å². The Kier molecular flexibility index (Phi) is 3.32. The van der Waals surface area contributed by atoms with Crippen LogP contribution in [0.5, 0.6) is 0 Å². The van der Waals surface area contributed by atoms with Crippen LogP contribution in [0.25, 0.3) is 0 Å². The smallest absolute Gasteiger partial charge is 0.234 e. The Balaban J connectivity index is 1.96. The Labute approximate surface area is 95.1 Å². The van der Waals surface area contributed by atoms with E-state index in [1.54, 1.807) is 12.3 Å². The van der Waals surface area contributed by atoms with Crippen LogP contribution in [0.3, 0.4) is 0 Å². The average Bonchev–Trinajstić information content (AvgIpc) is 2.32. The minimum atomic E-state index is 0.220. The summed E-state index contributed by atoms with van der Waals surface area (Å²) >= 11 is 0. The highest BCUT2D eigenvalue weighted by Crippen LogP contribution is 2.13. The van der Waals surface area contributed by atoms with E-state index in [2.05, 4.69) is 27.2 Å². The van der Waals surface area contributed by atoms with Gasteiger partial charge < -0.3 is 10.2 Å². The number of nitriles is 1. The third-order valence-corrected chi connectivity index (χ3v) is 2.83. The van der Waals surface area contributed by atoms with Crippen molar-refractivity contribution in [2.24, 2.45) is 0 Å². The lowest BCUT2D eigenvalue weighted by atomic mass is 10.1. The van der Waals surface area contributed by atoms with Crippen molar-refractivity contribution in [1.82, 2.24) is 14.9 Å². The second-order valence-electron chi connectivity index (χ2n) is 4.10. The van der Waals surface area contributed by atoms with Gasteiger partial charge in [0.05, 0.1) is 0 Å². The van der Waals surface area contributed by atoms with Gasteiger partial charge in [-0.25, -0.2) is 9.97 Å². The molecule has 1 aliphatic heterocycles. The second-order valence-corrected chi connectivity index (χ2v) is 4.10. The van der Waals surface area contributed by atoms with E-state index in [0.29, 0.717) is 6.04 Å². The zero-order valence-corrected chi connectivity index (χ0v) is 9.35. The standard InChI is InChI=1S/C11H15N5/c1-16-6-3-9(4-7-16)14-10-2-5-13-11(8-12)15-10/h2,5,9H,3-4,6-7H2,1H3,(H,13,14,15). The molecule has 5 nitrogen and oxygen atoms in total. The third kappa shape index (κ3) is 2.67. The van der Waals surface area contributed by atoms with Crippen LogP contribution in [-0.4, -0.2) is 41.0 Å². The van der Waals surface area contributed by atoms with Crippen molar-refractivity contribution in [3.05, 3.63) is 18.1 Å². The molecule has 0 amide bonds. The molecule has 16 heavy (non-hydrogen) atoms. The van der Waals surface area contributed by atoms with E-state index >= 15 is 0 Å². The van der Waals surface area contributed by atoms with E-state index in [9.17, 15) is 0 Å². The van der Waals surface area contributed by atoms with Crippen LogP contribution in [0.2, 0.25) is 0 Å². The monoisotopic (exact) mass is 217 g/mol. The van der Waals surface area contributed by atoms with Crippen LogP contribution >= 0.6 is 0 Å². The quantitative estimate of drug-likeness (QED) is 0.795. The summed E-state index contributed by atoms with van der Waals surface area (Å²) in [6, 6.07) is 4.20. The number of aromatic nitrogens is 2. The number of piperidine rings is 1. The Bertz CT molecular complexity index is 390. The molecule has 0 radical (unpaired) electrons. The molecule has 0 aromatic carbocycles. The summed E-state index contributed by atoms with van der Waals surface area (Å²) in [5, 5.41) is 12.0. The molecule has 0 spiro atoms. The summed E-state index contributed by atoms with van der Waals surface area (Å²) in [6.45, 7) is 2.21. The fourth-order valence-corrected chi connectivity index (χ4v) is 1.86. The van der Waals surface area contributed by atoms with Gasteiger partial charge in [-0.15, -0.1) is 0 Å². The first-order valence-corrected chi connectivity index (χ1v) is 5.46. The van der Waals surface area contributed by atoms with Crippen LogP contribution in [0.1, 0.15) is 18.7 Å². The molecule has 0 atom stereocenters. The maximum absolute atomic E-state index is 8.69. The first-order chi connectivity index (χ1) is 7.78. The minimum absolute atomic E-state index is 0.220. The SMILES string of the molecule is CN1CCC(Nc2ccnc(C#N)n2)CC1. The zero-order chi connectivity index (χ0) is 11.4. The van der Waals surface area contributed by atoms with Crippen LogP contribution in [0.4, 0.5) is 5.82 Å². The van der Waals surface area contributed by atoms with Gasteiger partial charge in [-0.2, -0.15) is 5.26 Å². The highest BCUT2D eigenvalue weighted by atomic mass is 15.1. The van der Waals surface area contributed by atoms with Crippen molar-refractivity contribution in [3.8, 4) is 6.07 Å². The summed E-state index contributed by atoms with van der Waals surface area (Å²) < 4.78 is 0. The van der Waals surface area contributed by atoms with Gasteiger partial charge in [0.25, 0.3) is 0 Å². The van der Waals surface area contributed by atoms with Gasteiger partial charge in [-0.1, -0.05) is 0 Å². The third-order valence-electron chi connectivity index (χ3n) is 2.83. The molecule has 1 aromatic rings. The van der Waals surface area contributed by atoms with E-state index in [0.717, 1.165) is 31.7 Å². The molecule has 0 bridgehead atoms. The number of hydrogen-bond acceptors (Lipinski definition) is 5. The minimum Gasteiger partial charge on any atom is -0.367 e. The Morgan fingerprint density at radius 2 is 2.25 bits per heavy atom. The second kappa shape index (κ2) is 4.90. The fourth-order valence-electron chi connectivity index (χ4n) is 1.86. The van der Waals surface area contributed by atoms with Crippen LogP contribution in [-0.2, 0) is 0 Å². The molecular formula is C11H15N5. The topological polar surface area (TPSA) is 64.8 Å². The van der Waals surface area contributed by atoms with Crippen LogP contribution in [0.15, 0.2) is 12.3 Å². The van der Waals surface area contributed by atoms with Crippen molar-refractivity contribution in [3.63, 3.8) is 0 Å². The highest BCUT2D eigenvalue weighted by molar-refractivity contribution is 5.36. The molecule has 0 unspecified atom stereocenters. The predicted octanol–water partition coefficient (Wildman–Crippen LogP) is 0.854. The van der Waals surface area contributed by atoms with Crippen molar-refractivity contribution in [2.75, 3.05) is 25.5 Å². The largest absolute Gasteiger partial charge is 0.367 e. The van der Waals surface area contributed by atoms with Gasteiger partial charge in [-0.3, -0.25) is 0 Å². The number of rotatable bonds is 2. The number of nitrogens with zero attached hydrogens (tertiary/aromatic N) is 4. The Morgan fingerprint density at radius 1 is 1.50 bits per heavy atom. The Hall–Kier alpha value is -1.67. The molecule has 0 saturated carbocycles. The van der Waals surface area contributed by atoms with Crippen LogP contribution < -0.4 is 5.32 Å². The fraction of sp³-hybridized carbons (Fsp3) is 0.545. The zero-order valence-electron chi connectivity index (χ0n) is 9.35. The molecule has 1 N–H and O–H groups in total. The number of nitrogens with one attached hydrogen (secondary N) is 1. The lowest BCUT2D eigenvalue weighted by Gasteiger charge is -2.29. The molecule has 84 valence electrons. The number of likely N-dealkylation sites (tertiary alicyclic amines) is 1. The van der Waals surface area contributed by atoms with E-state index in [1.165, 1.54) is 0 Å². The van der Waals surface area contributed by atoms with Crippen molar-refractivity contribution >= 4 is 5.82 Å². The van der Waals surface area contributed by atoms with Gasteiger partial charge in [-0.05, 0) is 39.0 Å². The highest BCUT2D eigenvalue weighted by Gasteiger charge is 2.16. The molecule has 2 rings (SSSR count). The lowest BCUT2D eigenvalue weighted by Crippen LogP contribution is -2.36. The van der Waals surface area contributed by atoms with E-state index in [4.69, 9.17) is 5.26 Å². The molecule has 1 aromatic heterocycles. The summed E-state index contributed by atoms with van der Waals surface area (Å²) in [6.07, 6.45) is 3.84. The van der Waals surface area contributed by atoms with Gasteiger partial charge >= 0.3 is 0 Å². The molecular weight excluding hydrogens is 202 g/mol. The van der Waals surface area contributed by atoms with Gasteiger partial charge in [0, 0.05) is 12.2 Å². The molecule has 2 heterocycles. The number of anilines is 1. The first-order valence-electron chi connectivity index (χ1n) is 5.46. The van der Waals surface area contributed by atoms with E-state index < -0.39 is 0 Å². The Morgan fingerprint density at radius 3 is 2.94 bits per heavy atom.